The zero-order valence-corrected chi connectivity index (χ0v) is 5.30. The quantitative estimate of drug-likeness (QED) is 0.493. The number of rotatable bonds is 2. The molecule has 58 valence electrons. The molecule has 6 nitrogen and oxygen atoms in total. The van der Waals surface area contributed by atoms with Gasteiger partial charge in [0.2, 0.25) is 0 Å². The Balaban J connectivity index is 2.86. The predicted octanol–water partition coefficient (Wildman–Crippen LogP) is 0.358. The van der Waals surface area contributed by atoms with Crippen molar-refractivity contribution >= 4 is 0 Å². The van der Waals surface area contributed by atoms with Crippen molar-refractivity contribution in [1.29, 1.82) is 0 Å². The van der Waals surface area contributed by atoms with Crippen molar-refractivity contribution in [3.05, 3.63) is 28.4 Å². The second-order valence-corrected chi connectivity index (χ2v) is 1.64. The lowest BCUT2D eigenvalue weighted by Crippen LogP contribution is -2.04. The Labute approximate surface area is 61.2 Å². The molecule has 0 aliphatic heterocycles. The molecule has 1 heterocycles. The number of nitrogens with zero attached hydrogens (tertiary/aromatic N) is 2. The zero-order chi connectivity index (χ0) is 8.27. The first-order valence-electron chi connectivity index (χ1n) is 2.66. The Kier molecular flexibility index (Phi) is 1.86. The summed E-state index contributed by atoms with van der Waals surface area (Å²) in [4.78, 5) is 17.1. The van der Waals surface area contributed by atoms with Gasteiger partial charge in [-0.05, 0) is 12.1 Å². The highest BCUT2D eigenvalue weighted by molar-refractivity contribution is 5.29. The third-order valence-electron chi connectivity index (χ3n) is 0.912. The van der Waals surface area contributed by atoms with Gasteiger partial charge in [-0.25, -0.2) is 4.98 Å². The first kappa shape index (κ1) is 7.26. The second kappa shape index (κ2) is 2.82. The van der Waals surface area contributed by atoms with Crippen LogP contribution in [0.3, 0.4) is 0 Å². The van der Waals surface area contributed by atoms with E-state index in [0.717, 1.165) is 0 Å². The molecule has 0 fully saturated rings. The van der Waals surface area contributed by atoms with E-state index in [4.69, 9.17) is 5.11 Å². The molecule has 0 bridgehead atoms. The molecule has 0 aromatic carbocycles. The summed E-state index contributed by atoms with van der Waals surface area (Å²) in [5.41, 5.74) is 0. The molecule has 0 saturated carbocycles. The fourth-order valence-electron chi connectivity index (χ4n) is 0.523. The Morgan fingerprint density at radius 2 is 2.45 bits per heavy atom. The summed E-state index contributed by atoms with van der Waals surface area (Å²) in [5, 5.41) is 17.6. The lowest BCUT2D eigenvalue weighted by Gasteiger charge is -1.97. The summed E-state index contributed by atoms with van der Waals surface area (Å²) in [7, 11) is 0. The van der Waals surface area contributed by atoms with Crippen LogP contribution in [0.25, 0.3) is 0 Å². The zero-order valence-electron chi connectivity index (χ0n) is 5.30. The van der Waals surface area contributed by atoms with Gasteiger partial charge in [0, 0.05) is 6.20 Å². The van der Waals surface area contributed by atoms with Crippen LogP contribution in [0.2, 0.25) is 0 Å². The standard InChI is InChI=1S/C5H4N2O4/c8-4-2-1-3-6-5(4)11-7(9)10/h1-3,8H. The van der Waals surface area contributed by atoms with Crippen LogP contribution >= 0.6 is 0 Å². The minimum absolute atomic E-state index is 0.357. The normalized spacial score (nSPS) is 9.09. The van der Waals surface area contributed by atoms with Crippen LogP contribution in [0.1, 0.15) is 0 Å². The summed E-state index contributed by atoms with van der Waals surface area (Å²) < 4.78 is 0. The van der Waals surface area contributed by atoms with E-state index in [9.17, 15) is 10.1 Å². The summed E-state index contributed by atoms with van der Waals surface area (Å²) >= 11 is 0. The maximum Gasteiger partial charge on any atom is 0.301 e. The molecule has 1 rings (SSSR count). The Morgan fingerprint density at radius 3 is 3.00 bits per heavy atom. The average Bonchev–Trinajstić information content (AvgIpc) is 1.93. The van der Waals surface area contributed by atoms with E-state index in [1.807, 2.05) is 0 Å². The van der Waals surface area contributed by atoms with E-state index in [0.29, 0.717) is 0 Å². The van der Waals surface area contributed by atoms with Crippen molar-refractivity contribution in [1.82, 2.24) is 4.98 Å². The van der Waals surface area contributed by atoms with Gasteiger partial charge in [0.05, 0.1) is 0 Å². The predicted molar refractivity (Wildman–Crippen MR) is 33.5 cm³/mol. The molecule has 11 heavy (non-hydrogen) atoms. The van der Waals surface area contributed by atoms with Crippen LogP contribution in [0.5, 0.6) is 11.6 Å². The molecular weight excluding hydrogens is 152 g/mol. The van der Waals surface area contributed by atoms with Crippen molar-refractivity contribution in [3.63, 3.8) is 0 Å². The number of hydrogen-bond donors (Lipinski definition) is 1. The fourth-order valence-corrected chi connectivity index (χ4v) is 0.523. The highest BCUT2D eigenvalue weighted by Gasteiger charge is 2.04. The van der Waals surface area contributed by atoms with Gasteiger partial charge in [0.15, 0.2) is 5.75 Å². The molecule has 1 aromatic rings. The van der Waals surface area contributed by atoms with Gasteiger partial charge < -0.3 is 5.11 Å². The number of aromatic hydroxyl groups is 1. The van der Waals surface area contributed by atoms with Crippen molar-refractivity contribution in [2.24, 2.45) is 0 Å². The van der Waals surface area contributed by atoms with E-state index < -0.39 is 11.0 Å². The number of aromatic nitrogens is 1. The van der Waals surface area contributed by atoms with Gasteiger partial charge in [0.1, 0.15) is 0 Å². The van der Waals surface area contributed by atoms with Crippen LogP contribution in [0, 0.1) is 10.1 Å². The Hall–Kier alpha value is -1.85. The average molecular weight is 156 g/mol. The van der Waals surface area contributed by atoms with Gasteiger partial charge >= 0.3 is 5.09 Å². The van der Waals surface area contributed by atoms with Crippen LogP contribution in [0.15, 0.2) is 18.3 Å². The molecule has 0 spiro atoms. The Morgan fingerprint density at radius 1 is 1.73 bits per heavy atom. The maximum absolute atomic E-state index is 9.75. The molecule has 0 aliphatic rings. The fraction of sp³-hybridized carbons (Fsp3) is 0. The third kappa shape index (κ3) is 1.78. The number of hydrogen-bond acceptors (Lipinski definition) is 5. The lowest BCUT2D eigenvalue weighted by atomic mass is 10.4. The molecule has 0 amide bonds. The van der Waals surface area contributed by atoms with E-state index in [2.05, 4.69) is 9.82 Å². The molecule has 0 radical (unpaired) electrons. The first-order chi connectivity index (χ1) is 5.20. The molecule has 0 unspecified atom stereocenters. The highest BCUT2D eigenvalue weighted by Crippen LogP contribution is 2.20. The SMILES string of the molecule is O=[N+]([O-])Oc1ncccc1O. The third-order valence-corrected chi connectivity index (χ3v) is 0.912. The summed E-state index contributed by atoms with van der Waals surface area (Å²) in [6.45, 7) is 0. The molecule has 0 atom stereocenters. The molecule has 1 N–H and O–H groups in total. The van der Waals surface area contributed by atoms with Gasteiger partial charge in [-0.1, -0.05) is 0 Å². The minimum Gasteiger partial charge on any atom is -0.504 e. The van der Waals surface area contributed by atoms with Gasteiger partial charge in [-0.15, -0.1) is 10.1 Å². The summed E-state index contributed by atoms with van der Waals surface area (Å²) in [6, 6.07) is 2.67. The smallest absolute Gasteiger partial charge is 0.301 e. The van der Waals surface area contributed by atoms with Crippen molar-refractivity contribution in [3.8, 4) is 11.6 Å². The van der Waals surface area contributed by atoms with Gasteiger partial charge in [0.25, 0.3) is 5.88 Å². The number of pyridine rings is 1. The van der Waals surface area contributed by atoms with Crippen molar-refractivity contribution in [2.75, 3.05) is 0 Å². The minimum atomic E-state index is -1.04. The van der Waals surface area contributed by atoms with Crippen molar-refractivity contribution < 1.29 is 15.0 Å². The highest BCUT2D eigenvalue weighted by atomic mass is 17.0. The van der Waals surface area contributed by atoms with E-state index in [-0.39, 0.29) is 5.75 Å². The van der Waals surface area contributed by atoms with Crippen LogP contribution < -0.4 is 4.84 Å². The summed E-state index contributed by atoms with van der Waals surface area (Å²) in [5.74, 6) is -0.762. The second-order valence-electron chi connectivity index (χ2n) is 1.64. The molecular formula is C5H4N2O4. The lowest BCUT2D eigenvalue weighted by molar-refractivity contribution is -0.712. The molecule has 0 aliphatic carbocycles. The monoisotopic (exact) mass is 156 g/mol. The summed E-state index contributed by atoms with van der Waals surface area (Å²) in [6.07, 6.45) is 1.28. The molecule has 1 aromatic heterocycles. The van der Waals surface area contributed by atoms with Crippen LogP contribution in [-0.2, 0) is 0 Å². The van der Waals surface area contributed by atoms with E-state index >= 15 is 0 Å². The topological polar surface area (TPSA) is 85.5 Å². The van der Waals surface area contributed by atoms with Crippen LogP contribution in [-0.4, -0.2) is 15.2 Å². The maximum atomic E-state index is 9.75. The van der Waals surface area contributed by atoms with E-state index in [1.165, 1.54) is 18.3 Å². The molecule has 6 heteroatoms. The largest absolute Gasteiger partial charge is 0.504 e. The molecule has 0 saturated heterocycles. The van der Waals surface area contributed by atoms with E-state index in [1.54, 1.807) is 0 Å². The first-order valence-corrected chi connectivity index (χ1v) is 2.66. The van der Waals surface area contributed by atoms with Crippen LogP contribution in [0.4, 0.5) is 0 Å². The van der Waals surface area contributed by atoms with Gasteiger partial charge in [-0.3, -0.25) is 4.84 Å². The Bertz CT molecular complexity index is 275. The van der Waals surface area contributed by atoms with Gasteiger partial charge in [-0.2, -0.15) is 0 Å². The van der Waals surface area contributed by atoms with Crippen molar-refractivity contribution in [2.45, 2.75) is 0 Å².